The van der Waals surface area contributed by atoms with Crippen molar-refractivity contribution in [3.8, 4) is 22.8 Å². The summed E-state index contributed by atoms with van der Waals surface area (Å²) in [7, 11) is 0. The Morgan fingerprint density at radius 2 is 1.89 bits per heavy atom. The second kappa shape index (κ2) is 10.3. The summed E-state index contributed by atoms with van der Waals surface area (Å²) in [4.78, 5) is 24.3. The Bertz CT molecular complexity index is 1350. The fraction of sp³-hybridized carbons (Fsp3) is 0.286. The molecule has 1 fully saturated rings. The fourth-order valence-electron chi connectivity index (χ4n) is 4.57. The quantitative estimate of drug-likeness (QED) is 0.397. The van der Waals surface area contributed by atoms with E-state index in [1.165, 1.54) is 12.1 Å². The van der Waals surface area contributed by atoms with Gasteiger partial charge in [-0.3, -0.25) is 4.79 Å². The molecule has 8 heteroatoms. The summed E-state index contributed by atoms with van der Waals surface area (Å²) >= 11 is 0. The largest absolute Gasteiger partial charge is 0.356 e. The Morgan fingerprint density at radius 1 is 1.11 bits per heavy atom. The highest BCUT2D eigenvalue weighted by atomic mass is 19.1. The lowest BCUT2D eigenvalue weighted by Crippen LogP contribution is -2.41. The molecule has 0 unspecified atom stereocenters. The van der Waals surface area contributed by atoms with Crippen molar-refractivity contribution in [2.75, 3.05) is 18.0 Å². The van der Waals surface area contributed by atoms with Gasteiger partial charge in [0.2, 0.25) is 11.7 Å². The van der Waals surface area contributed by atoms with Crippen LogP contribution in [0.1, 0.15) is 36.9 Å². The summed E-state index contributed by atoms with van der Waals surface area (Å²) in [5.41, 5.74) is 3.68. The second-order valence-corrected chi connectivity index (χ2v) is 9.21. The Labute approximate surface area is 209 Å². The van der Waals surface area contributed by atoms with Crippen LogP contribution < -0.4 is 10.2 Å². The predicted octanol–water partition coefficient (Wildman–Crippen LogP) is 5.34. The highest BCUT2D eigenvalue weighted by Crippen LogP contribution is 2.32. The molecule has 184 valence electrons. The zero-order valence-corrected chi connectivity index (χ0v) is 20.3. The van der Waals surface area contributed by atoms with Crippen LogP contribution in [0, 0.1) is 18.7 Å². The third kappa shape index (κ3) is 5.12. The number of benzene rings is 2. The van der Waals surface area contributed by atoms with Crippen LogP contribution in [-0.4, -0.2) is 34.1 Å². The molecule has 1 atom stereocenters. The molecule has 2 aromatic carbocycles. The standard InChI is InChI=1S/C28H28FN5O2/c1-18-5-3-6-22(17-18)25-32-28(36-33-25)24-7-4-14-30-26(24)34-15-12-21(13-16-34)27(35)31-19(2)20-8-10-23(29)11-9-20/h3-11,14,17,19,21H,12-13,15-16H2,1-2H3,(H,31,35)/t19-/m1/s1. The van der Waals surface area contributed by atoms with Crippen LogP contribution in [0.4, 0.5) is 10.2 Å². The van der Waals surface area contributed by atoms with Gasteiger partial charge in [0, 0.05) is 30.8 Å². The minimum Gasteiger partial charge on any atom is -0.356 e. The van der Waals surface area contributed by atoms with Crippen LogP contribution in [0.5, 0.6) is 0 Å². The number of nitrogens with zero attached hydrogens (tertiary/aromatic N) is 4. The number of nitrogens with one attached hydrogen (secondary N) is 1. The first-order chi connectivity index (χ1) is 17.5. The molecule has 1 aliphatic rings. The van der Waals surface area contributed by atoms with E-state index in [0.29, 0.717) is 37.6 Å². The van der Waals surface area contributed by atoms with Crippen molar-refractivity contribution in [2.45, 2.75) is 32.7 Å². The average molecular weight is 486 g/mol. The number of aryl methyl sites for hydroxylation is 1. The molecular weight excluding hydrogens is 457 g/mol. The third-order valence-electron chi connectivity index (χ3n) is 6.61. The van der Waals surface area contributed by atoms with Gasteiger partial charge in [0.1, 0.15) is 11.6 Å². The number of halogens is 1. The summed E-state index contributed by atoms with van der Waals surface area (Å²) in [5.74, 6) is 1.37. The first-order valence-electron chi connectivity index (χ1n) is 12.1. The lowest BCUT2D eigenvalue weighted by Gasteiger charge is -2.33. The van der Waals surface area contributed by atoms with Gasteiger partial charge in [-0.15, -0.1) is 0 Å². The molecule has 1 aliphatic heterocycles. The molecule has 1 amide bonds. The molecule has 36 heavy (non-hydrogen) atoms. The molecule has 1 saturated heterocycles. The predicted molar refractivity (Wildman–Crippen MR) is 136 cm³/mol. The highest BCUT2D eigenvalue weighted by Gasteiger charge is 2.28. The minimum absolute atomic E-state index is 0.0208. The second-order valence-electron chi connectivity index (χ2n) is 9.21. The number of anilines is 1. The van der Waals surface area contributed by atoms with Gasteiger partial charge in [-0.2, -0.15) is 4.98 Å². The smallest absolute Gasteiger partial charge is 0.261 e. The lowest BCUT2D eigenvalue weighted by atomic mass is 9.95. The average Bonchev–Trinajstić information content (AvgIpc) is 3.39. The molecule has 0 spiro atoms. The van der Waals surface area contributed by atoms with Crippen molar-refractivity contribution in [1.82, 2.24) is 20.4 Å². The van der Waals surface area contributed by atoms with Crippen molar-refractivity contribution < 1.29 is 13.7 Å². The lowest BCUT2D eigenvalue weighted by molar-refractivity contribution is -0.126. The number of hydrogen-bond acceptors (Lipinski definition) is 6. The molecule has 1 N–H and O–H groups in total. The van der Waals surface area contributed by atoms with Crippen molar-refractivity contribution >= 4 is 11.7 Å². The maximum atomic E-state index is 13.2. The van der Waals surface area contributed by atoms with E-state index in [1.54, 1.807) is 18.3 Å². The fourth-order valence-corrected chi connectivity index (χ4v) is 4.57. The minimum atomic E-state index is -0.287. The molecule has 0 radical (unpaired) electrons. The Hall–Kier alpha value is -4.07. The van der Waals surface area contributed by atoms with Crippen molar-refractivity contribution in [1.29, 1.82) is 0 Å². The number of rotatable bonds is 6. The van der Waals surface area contributed by atoms with E-state index in [1.807, 2.05) is 50.2 Å². The number of piperidine rings is 1. The van der Waals surface area contributed by atoms with Crippen molar-refractivity contribution in [2.24, 2.45) is 5.92 Å². The number of aromatic nitrogens is 3. The highest BCUT2D eigenvalue weighted by molar-refractivity contribution is 5.79. The van der Waals surface area contributed by atoms with Crippen molar-refractivity contribution in [3.05, 3.63) is 83.8 Å². The van der Waals surface area contributed by atoms with Gasteiger partial charge in [0.25, 0.3) is 5.89 Å². The van der Waals surface area contributed by atoms with Gasteiger partial charge in [-0.05, 0) is 62.6 Å². The molecule has 3 heterocycles. The zero-order chi connectivity index (χ0) is 25.1. The molecule has 5 rings (SSSR count). The summed E-state index contributed by atoms with van der Waals surface area (Å²) < 4.78 is 18.8. The van der Waals surface area contributed by atoms with Crippen molar-refractivity contribution in [3.63, 3.8) is 0 Å². The summed E-state index contributed by atoms with van der Waals surface area (Å²) in [5, 5.41) is 7.25. The summed E-state index contributed by atoms with van der Waals surface area (Å²) in [6, 6.07) is 17.8. The number of amides is 1. The molecule has 0 aliphatic carbocycles. The first-order valence-corrected chi connectivity index (χ1v) is 12.1. The normalized spacial score (nSPS) is 15.0. The van der Waals surface area contributed by atoms with Gasteiger partial charge >= 0.3 is 0 Å². The number of carbonyl (C=O) groups excluding carboxylic acids is 1. The number of pyridine rings is 1. The number of carbonyl (C=O) groups is 1. The summed E-state index contributed by atoms with van der Waals surface area (Å²) in [6.07, 6.45) is 3.16. The van der Waals surface area contributed by atoms with Crippen LogP contribution in [0.3, 0.4) is 0 Å². The van der Waals surface area contributed by atoms with Crippen LogP contribution >= 0.6 is 0 Å². The SMILES string of the molecule is Cc1cccc(-c2noc(-c3cccnc3N3CCC(C(=O)N[C@H](C)c4ccc(F)cc4)CC3)n2)c1. The molecule has 4 aromatic rings. The van der Waals surface area contributed by atoms with E-state index in [4.69, 9.17) is 4.52 Å². The van der Waals surface area contributed by atoms with E-state index < -0.39 is 0 Å². The van der Waals surface area contributed by atoms with Gasteiger partial charge in [-0.1, -0.05) is 41.1 Å². The molecule has 0 bridgehead atoms. The zero-order valence-electron chi connectivity index (χ0n) is 20.3. The Morgan fingerprint density at radius 3 is 2.64 bits per heavy atom. The third-order valence-corrected chi connectivity index (χ3v) is 6.61. The van der Waals surface area contributed by atoms with Crippen LogP contribution in [0.2, 0.25) is 0 Å². The molecular formula is C28H28FN5O2. The monoisotopic (exact) mass is 485 g/mol. The van der Waals surface area contributed by atoms with E-state index >= 15 is 0 Å². The first kappa shape index (κ1) is 23.7. The molecule has 0 saturated carbocycles. The maximum Gasteiger partial charge on any atom is 0.261 e. The van der Waals surface area contributed by atoms with Gasteiger partial charge in [0.05, 0.1) is 11.6 Å². The van der Waals surface area contributed by atoms with E-state index in [2.05, 4.69) is 25.3 Å². The molecule has 7 nitrogen and oxygen atoms in total. The van der Waals surface area contributed by atoms with Gasteiger partial charge in [0.15, 0.2) is 0 Å². The topological polar surface area (TPSA) is 84.2 Å². The Kier molecular flexibility index (Phi) is 6.75. The maximum absolute atomic E-state index is 13.2. The van der Waals surface area contributed by atoms with E-state index in [0.717, 1.165) is 28.1 Å². The van der Waals surface area contributed by atoms with E-state index in [-0.39, 0.29) is 23.7 Å². The molecule has 2 aromatic heterocycles. The van der Waals surface area contributed by atoms with Gasteiger partial charge in [-0.25, -0.2) is 9.37 Å². The van der Waals surface area contributed by atoms with Crippen LogP contribution in [0.25, 0.3) is 22.8 Å². The van der Waals surface area contributed by atoms with E-state index in [9.17, 15) is 9.18 Å². The van der Waals surface area contributed by atoms with Gasteiger partial charge < -0.3 is 14.7 Å². The summed E-state index contributed by atoms with van der Waals surface area (Å²) in [6.45, 7) is 5.31. The van der Waals surface area contributed by atoms with Crippen LogP contribution in [0.15, 0.2) is 71.4 Å². The number of hydrogen-bond donors (Lipinski definition) is 1. The Balaban J connectivity index is 1.25. The van der Waals surface area contributed by atoms with Crippen LogP contribution in [-0.2, 0) is 4.79 Å².